The third-order valence-corrected chi connectivity index (χ3v) is 4.28. The van der Waals surface area contributed by atoms with Gasteiger partial charge in [-0.15, -0.1) is 0 Å². The highest BCUT2D eigenvalue weighted by atomic mass is 79.9. The van der Waals surface area contributed by atoms with Crippen LogP contribution in [0, 0.1) is 0 Å². The number of benzene rings is 2. The number of halogens is 3. The summed E-state index contributed by atoms with van der Waals surface area (Å²) in [6.07, 6.45) is 0. The number of hydrogen-bond donors (Lipinski definition) is 2. The van der Waals surface area contributed by atoms with E-state index >= 15 is 0 Å². The number of amides is 1. The molecule has 2 aromatic carbocycles. The number of nitrogens with one attached hydrogen (secondary N) is 1. The third kappa shape index (κ3) is 3.58. The van der Waals surface area contributed by atoms with E-state index in [2.05, 4.69) is 53.1 Å². The number of anilines is 2. The molecule has 98 valence electrons. The van der Waals surface area contributed by atoms with E-state index in [0.717, 1.165) is 13.4 Å². The van der Waals surface area contributed by atoms with E-state index in [9.17, 15) is 4.79 Å². The van der Waals surface area contributed by atoms with Gasteiger partial charge in [-0.05, 0) is 68.3 Å². The number of carbonyl (C=O) groups is 1. The molecule has 3 nitrogen and oxygen atoms in total. The summed E-state index contributed by atoms with van der Waals surface area (Å²) in [6.45, 7) is 0. The maximum atomic E-state index is 12.0. The van der Waals surface area contributed by atoms with Gasteiger partial charge in [0, 0.05) is 24.7 Å². The molecule has 2 rings (SSSR count). The molecule has 0 atom stereocenters. The molecule has 0 fully saturated rings. The lowest BCUT2D eigenvalue weighted by Crippen LogP contribution is -2.11. The number of hydrogen-bond acceptors (Lipinski definition) is 2. The van der Waals surface area contributed by atoms with E-state index < -0.39 is 0 Å². The van der Waals surface area contributed by atoms with Crippen LogP contribution in [0.4, 0.5) is 11.4 Å². The van der Waals surface area contributed by atoms with Gasteiger partial charge < -0.3 is 11.1 Å². The Morgan fingerprint density at radius 2 is 1.53 bits per heavy atom. The maximum Gasteiger partial charge on any atom is 0.255 e. The van der Waals surface area contributed by atoms with Crippen molar-refractivity contribution >= 4 is 65.1 Å². The standard InChI is InChI=1S/C13H9Br3N2O/c14-8-3-1-7(2-4-8)13(19)18-9-5-10(15)12(17)11(16)6-9/h1-6H,17H2,(H,18,19). The molecule has 0 radical (unpaired) electrons. The number of nitrogen functional groups attached to an aromatic ring is 1. The molecule has 0 spiro atoms. The van der Waals surface area contributed by atoms with E-state index in [1.54, 1.807) is 24.3 Å². The van der Waals surface area contributed by atoms with Gasteiger partial charge in [-0.25, -0.2) is 0 Å². The fourth-order valence-electron chi connectivity index (χ4n) is 1.46. The van der Waals surface area contributed by atoms with Crippen molar-refractivity contribution in [3.63, 3.8) is 0 Å². The van der Waals surface area contributed by atoms with Crippen LogP contribution in [-0.2, 0) is 0 Å². The van der Waals surface area contributed by atoms with Gasteiger partial charge in [0.05, 0.1) is 5.69 Å². The average Bonchev–Trinajstić information content (AvgIpc) is 2.36. The van der Waals surface area contributed by atoms with Crippen molar-refractivity contribution in [3.05, 3.63) is 55.4 Å². The van der Waals surface area contributed by atoms with Crippen LogP contribution in [0.1, 0.15) is 10.4 Å². The zero-order chi connectivity index (χ0) is 14.0. The summed E-state index contributed by atoms with van der Waals surface area (Å²) >= 11 is 10.0. The number of nitrogens with two attached hydrogens (primary N) is 1. The Kier molecular flexibility index (Phi) is 4.65. The van der Waals surface area contributed by atoms with E-state index in [4.69, 9.17) is 5.73 Å². The van der Waals surface area contributed by atoms with Crippen LogP contribution in [0.3, 0.4) is 0 Å². The second-order valence-electron chi connectivity index (χ2n) is 3.81. The molecule has 0 saturated carbocycles. The summed E-state index contributed by atoms with van der Waals surface area (Å²) in [5.41, 5.74) is 7.65. The van der Waals surface area contributed by atoms with Gasteiger partial charge in [0.25, 0.3) is 5.91 Å². The molecule has 0 aliphatic heterocycles. The van der Waals surface area contributed by atoms with Gasteiger partial charge in [0.1, 0.15) is 0 Å². The van der Waals surface area contributed by atoms with Crippen LogP contribution in [0.15, 0.2) is 49.8 Å². The quantitative estimate of drug-likeness (QED) is 0.648. The summed E-state index contributed by atoms with van der Waals surface area (Å²) in [4.78, 5) is 12.0. The Labute approximate surface area is 136 Å². The first-order valence-electron chi connectivity index (χ1n) is 5.29. The van der Waals surface area contributed by atoms with E-state index in [0.29, 0.717) is 16.9 Å². The summed E-state index contributed by atoms with van der Waals surface area (Å²) in [5.74, 6) is -0.170. The molecule has 0 unspecified atom stereocenters. The molecular formula is C13H9Br3N2O. The SMILES string of the molecule is Nc1c(Br)cc(NC(=O)c2ccc(Br)cc2)cc1Br. The average molecular weight is 449 g/mol. The second-order valence-corrected chi connectivity index (χ2v) is 6.44. The number of rotatable bonds is 2. The molecular weight excluding hydrogens is 440 g/mol. The fraction of sp³-hybridized carbons (Fsp3) is 0. The van der Waals surface area contributed by atoms with Crippen molar-refractivity contribution in [1.82, 2.24) is 0 Å². The zero-order valence-corrected chi connectivity index (χ0v) is 14.3. The minimum absolute atomic E-state index is 0.170. The molecule has 0 heterocycles. The fourth-order valence-corrected chi connectivity index (χ4v) is 2.91. The maximum absolute atomic E-state index is 12.0. The lowest BCUT2D eigenvalue weighted by Gasteiger charge is -2.09. The van der Waals surface area contributed by atoms with Crippen LogP contribution in [-0.4, -0.2) is 5.91 Å². The van der Waals surface area contributed by atoms with Crippen LogP contribution in [0.25, 0.3) is 0 Å². The van der Waals surface area contributed by atoms with Crippen molar-refractivity contribution in [2.75, 3.05) is 11.1 Å². The van der Waals surface area contributed by atoms with Crippen LogP contribution in [0.5, 0.6) is 0 Å². The molecule has 0 saturated heterocycles. The molecule has 0 aliphatic carbocycles. The summed E-state index contributed by atoms with van der Waals surface area (Å²) in [7, 11) is 0. The smallest absolute Gasteiger partial charge is 0.255 e. The monoisotopic (exact) mass is 446 g/mol. The Morgan fingerprint density at radius 3 is 2.05 bits per heavy atom. The Hall–Kier alpha value is -0.850. The van der Waals surface area contributed by atoms with Gasteiger partial charge in [0.15, 0.2) is 0 Å². The first kappa shape index (κ1) is 14.6. The molecule has 0 bridgehead atoms. The van der Waals surface area contributed by atoms with Crippen molar-refractivity contribution in [2.45, 2.75) is 0 Å². The van der Waals surface area contributed by atoms with Gasteiger partial charge >= 0.3 is 0 Å². The lowest BCUT2D eigenvalue weighted by molar-refractivity contribution is 0.102. The molecule has 6 heteroatoms. The highest BCUT2D eigenvalue weighted by Gasteiger charge is 2.09. The molecule has 2 aromatic rings. The molecule has 19 heavy (non-hydrogen) atoms. The van der Waals surface area contributed by atoms with Gasteiger partial charge in [0.2, 0.25) is 0 Å². The lowest BCUT2D eigenvalue weighted by atomic mass is 10.2. The Morgan fingerprint density at radius 1 is 1.00 bits per heavy atom. The normalized spacial score (nSPS) is 10.3. The molecule has 3 N–H and O–H groups in total. The summed E-state index contributed by atoms with van der Waals surface area (Å²) < 4.78 is 2.39. The Bertz CT molecular complexity index is 603. The first-order valence-corrected chi connectivity index (χ1v) is 7.66. The summed E-state index contributed by atoms with van der Waals surface area (Å²) in [5, 5.41) is 2.82. The molecule has 0 aliphatic rings. The zero-order valence-electron chi connectivity index (χ0n) is 9.58. The highest BCUT2D eigenvalue weighted by Crippen LogP contribution is 2.31. The van der Waals surface area contributed by atoms with Crippen LogP contribution < -0.4 is 11.1 Å². The predicted molar refractivity (Wildman–Crippen MR) is 88.3 cm³/mol. The largest absolute Gasteiger partial charge is 0.397 e. The second kappa shape index (κ2) is 6.07. The van der Waals surface area contributed by atoms with Crippen molar-refractivity contribution in [2.24, 2.45) is 0 Å². The minimum atomic E-state index is -0.170. The Balaban J connectivity index is 2.22. The minimum Gasteiger partial charge on any atom is -0.397 e. The topological polar surface area (TPSA) is 55.1 Å². The highest BCUT2D eigenvalue weighted by molar-refractivity contribution is 9.11. The van der Waals surface area contributed by atoms with Gasteiger partial charge in [-0.1, -0.05) is 15.9 Å². The first-order chi connectivity index (χ1) is 8.97. The third-order valence-electron chi connectivity index (χ3n) is 2.44. The van der Waals surface area contributed by atoms with Crippen molar-refractivity contribution in [3.8, 4) is 0 Å². The van der Waals surface area contributed by atoms with Crippen molar-refractivity contribution < 1.29 is 4.79 Å². The molecule has 0 aromatic heterocycles. The van der Waals surface area contributed by atoms with Gasteiger partial charge in [-0.3, -0.25) is 4.79 Å². The molecule has 1 amide bonds. The van der Waals surface area contributed by atoms with E-state index in [1.807, 2.05) is 12.1 Å². The van der Waals surface area contributed by atoms with E-state index in [-0.39, 0.29) is 5.91 Å². The van der Waals surface area contributed by atoms with Crippen molar-refractivity contribution in [1.29, 1.82) is 0 Å². The van der Waals surface area contributed by atoms with Crippen LogP contribution in [0.2, 0.25) is 0 Å². The van der Waals surface area contributed by atoms with Gasteiger partial charge in [-0.2, -0.15) is 0 Å². The van der Waals surface area contributed by atoms with Crippen LogP contribution >= 0.6 is 47.8 Å². The van der Waals surface area contributed by atoms with E-state index in [1.165, 1.54) is 0 Å². The predicted octanol–water partition coefficient (Wildman–Crippen LogP) is 4.81. The number of carbonyl (C=O) groups excluding carboxylic acids is 1. The summed E-state index contributed by atoms with van der Waals surface area (Å²) in [6, 6.07) is 10.7.